The first-order valence-electron chi connectivity index (χ1n) is 9.21. The molecule has 0 atom stereocenters. The zero-order valence-electron chi connectivity index (χ0n) is 15.6. The quantitative estimate of drug-likeness (QED) is 0.640. The molecular weight excluding hydrogens is 348 g/mol. The van der Waals surface area contributed by atoms with E-state index in [0.29, 0.717) is 45.9 Å². The molecule has 1 aliphatic heterocycles. The van der Waals surface area contributed by atoms with E-state index < -0.39 is 0 Å². The van der Waals surface area contributed by atoms with Crippen LogP contribution in [0.4, 0.5) is 0 Å². The molecule has 2 amide bonds. The van der Waals surface area contributed by atoms with Gasteiger partial charge in [0.2, 0.25) is 11.8 Å². The number of nitrogens with zero attached hydrogens (tertiary/aromatic N) is 5. The van der Waals surface area contributed by atoms with Gasteiger partial charge in [-0.15, -0.1) is 5.10 Å². The van der Waals surface area contributed by atoms with Gasteiger partial charge in [0, 0.05) is 46.4 Å². The number of amides is 2. The van der Waals surface area contributed by atoms with Crippen LogP contribution >= 0.6 is 0 Å². The summed E-state index contributed by atoms with van der Waals surface area (Å²) in [7, 11) is 1.65. The number of benzene rings is 1. The molecule has 2 heterocycles. The standard InChI is InChI=1S/C18H26N6O3/c1-27-12-4-7-19-17(25)13-22-8-10-23(11-9-22)18(26)14-24-16-6-3-2-5-15(16)20-21-24/h2-3,5-6H,4,7-14H2,1H3,(H,19,25). The van der Waals surface area contributed by atoms with Gasteiger partial charge >= 0.3 is 0 Å². The number of aromatic nitrogens is 3. The minimum Gasteiger partial charge on any atom is -0.385 e. The maximum absolute atomic E-state index is 12.6. The lowest BCUT2D eigenvalue weighted by atomic mass is 10.3. The van der Waals surface area contributed by atoms with Gasteiger partial charge < -0.3 is 15.0 Å². The SMILES string of the molecule is COCCCNC(=O)CN1CCN(C(=O)Cn2nnc3ccccc32)CC1. The Morgan fingerprint density at radius 2 is 1.93 bits per heavy atom. The Kier molecular flexibility index (Phi) is 6.72. The van der Waals surface area contributed by atoms with E-state index in [2.05, 4.69) is 20.5 Å². The molecule has 146 valence electrons. The maximum Gasteiger partial charge on any atom is 0.244 e. The van der Waals surface area contributed by atoms with Gasteiger partial charge in [0.1, 0.15) is 12.1 Å². The first-order chi connectivity index (χ1) is 13.2. The Labute approximate surface area is 158 Å². The molecule has 9 heteroatoms. The molecule has 27 heavy (non-hydrogen) atoms. The van der Waals surface area contributed by atoms with Crippen LogP contribution in [-0.4, -0.2) is 89.6 Å². The van der Waals surface area contributed by atoms with Crippen LogP contribution < -0.4 is 5.32 Å². The highest BCUT2D eigenvalue weighted by Gasteiger charge is 2.23. The number of hydrogen-bond donors (Lipinski definition) is 1. The smallest absolute Gasteiger partial charge is 0.244 e. The van der Waals surface area contributed by atoms with E-state index in [9.17, 15) is 9.59 Å². The van der Waals surface area contributed by atoms with Crippen molar-refractivity contribution >= 4 is 22.8 Å². The molecule has 1 aromatic carbocycles. The Morgan fingerprint density at radius 1 is 1.15 bits per heavy atom. The van der Waals surface area contributed by atoms with Crippen LogP contribution in [0.15, 0.2) is 24.3 Å². The van der Waals surface area contributed by atoms with E-state index in [0.717, 1.165) is 17.5 Å². The number of nitrogens with one attached hydrogen (secondary N) is 1. The highest BCUT2D eigenvalue weighted by atomic mass is 16.5. The van der Waals surface area contributed by atoms with Crippen LogP contribution in [0.3, 0.4) is 0 Å². The first kappa shape index (κ1) is 19.2. The van der Waals surface area contributed by atoms with Crippen molar-refractivity contribution in [1.82, 2.24) is 30.1 Å². The van der Waals surface area contributed by atoms with Gasteiger partial charge in [0.05, 0.1) is 12.1 Å². The maximum atomic E-state index is 12.6. The predicted octanol–water partition coefficient (Wildman–Crippen LogP) is -0.272. The number of methoxy groups -OCH3 is 1. The van der Waals surface area contributed by atoms with E-state index >= 15 is 0 Å². The molecule has 0 bridgehead atoms. The molecule has 1 saturated heterocycles. The second kappa shape index (κ2) is 9.43. The fourth-order valence-electron chi connectivity index (χ4n) is 3.12. The van der Waals surface area contributed by atoms with Crippen molar-refractivity contribution in [2.24, 2.45) is 0 Å². The molecule has 1 fully saturated rings. The third kappa shape index (κ3) is 5.24. The normalized spacial score (nSPS) is 15.2. The topological polar surface area (TPSA) is 92.6 Å². The lowest BCUT2D eigenvalue weighted by Crippen LogP contribution is -2.51. The minimum absolute atomic E-state index is 0.0139. The van der Waals surface area contributed by atoms with E-state index in [4.69, 9.17) is 4.74 Å². The van der Waals surface area contributed by atoms with Crippen LogP contribution in [0, 0.1) is 0 Å². The van der Waals surface area contributed by atoms with E-state index in [1.165, 1.54) is 0 Å². The fraction of sp³-hybridized carbons (Fsp3) is 0.556. The number of carbonyl (C=O) groups excluding carboxylic acids is 2. The summed E-state index contributed by atoms with van der Waals surface area (Å²) in [4.78, 5) is 28.4. The molecule has 0 spiro atoms. The highest BCUT2D eigenvalue weighted by molar-refractivity contribution is 5.80. The van der Waals surface area contributed by atoms with Crippen molar-refractivity contribution in [3.8, 4) is 0 Å². The molecule has 1 aliphatic rings. The number of fused-ring (bicyclic) bond motifs is 1. The summed E-state index contributed by atoms with van der Waals surface area (Å²) in [6.07, 6.45) is 0.807. The summed E-state index contributed by atoms with van der Waals surface area (Å²) in [5.74, 6) is 0.0364. The van der Waals surface area contributed by atoms with Gasteiger partial charge in [0.15, 0.2) is 0 Å². The van der Waals surface area contributed by atoms with Gasteiger partial charge in [-0.3, -0.25) is 14.5 Å². The Hall–Kier alpha value is -2.52. The van der Waals surface area contributed by atoms with Gasteiger partial charge in [-0.2, -0.15) is 0 Å². The van der Waals surface area contributed by atoms with Crippen molar-refractivity contribution in [1.29, 1.82) is 0 Å². The minimum atomic E-state index is 0.0139. The summed E-state index contributed by atoms with van der Waals surface area (Å²) < 4.78 is 6.60. The number of hydrogen-bond acceptors (Lipinski definition) is 6. The molecule has 2 aromatic rings. The molecular formula is C18H26N6O3. The largest absolute Gasteiger partial charge is 0.385 e. The fourth-order valence-corrected chi connectivity index (χ4v) is 3.12. The highest BCUT2D eigenvalue weighted by Crippen LogP contribution is 2.10. The lowest BCUT2D eigenvalue weighted by molar-refractivity contribution is -0.134. The number of carbonyl (C=O) groups is 2. The molecule has 0 aliphatic carbocycles. The van der Waals surface area contributed by atoms with Gasteiger partial charge in [0.25, 0.3) is 0 Å². The molecule has 1 aromatic heterocycles. The van der Waals surface area contributed by atoms with Crippen LogP contribution in [0.25, 0.3) is 11.0 Å². The average molecular weight is 374 g/mol. The van der Waals surface area contributed by atoms with Crippen molar-refractivity contribution in [2.75, 3.05) is 53.0 Å². The summed E-state index contributed by atoms with van der Waals surface area (Å²) in [5, 5.41) is 11.0. The second-order valence-electron chi connectivity index (χ2n) is 6.59. The van der Waals surface area contributed by atoms with Crippen LogP contribution in [0.2, 0.25) is 0 Å². The predicted molar refractivity (Wildman–Crippen MR) is 100 cm³/mol. The zero-order valence-corrected chi connectivity index (χ0v) is 15.6. The third-order valence-electron chi connectivity index (χ3n) is 4.64. The molecule has 1 N–H and O–H groups in total. The van der Waals surface area contributed by atoms with Crippen molar-refractivity contribution in [3.05, 3.63) is 24.3 Å². The molecule has 9 nitrogen and oxygen atoms in total. The van der Waals surface area contributed by atoms with Crippen LogP contribution in [0.5, 0.6) is 0 Å². The zero-order chi connectivity index (χ0) is 19.1. The average Bonchev–Trinajstić information content (AvgIpc) is 3.09. The first-order valence-corrected chi connectivity index (χ1v) is 9.21. The number of piperazine rings is 1. The molecule has 3 rings (SSSR count). The number of para-hydroxylation sites is 1. The van der Waals surface area contributed by atoms with E-state index in [1.807, 2.05) is 29.2 Å². The summed E-state index contributed by atoms with van der Waals surface area (Å²) in [6.45, 7) is 4.41. The van der Waals surface area contributed by atoms with Crippen molar-refractivity contribution in [3.63, 3.8) is 0 Å². The van der Waals surface area contributed by atoms with Gasteiger partial charge in [-0.25, -0.2) is 4.68 Å². The Morgan fingerprint density at radius 3 is 2.70 bits per heavy atom. The summed E-state index contributed by atoms with van der Waals surface area (Å²) in [5.41, 5.74) is 1.64. The van der Waals surface area contributed by atoms with Crippen LogP contribution in [0.1, 0.15) is 6.42 Å². The van der Waals surface area contributed by atoms with E-state index in [-0.39, 0.29) is 18.4 Å². The monoisotopic (exact) mass is 374 g/mol. The molecule has 0 radical (unpaired) electrons. The van der Waals surface area contributed by atoms with Crippen molar-refractivity contribution < 1.29 is 14.3 Å². The lowest BCUT2D eigenvalue weighted by Gasteiger charge is -2.34. The molecule has 0 saturated carbocycles. The number of ether oxygens (including phenoxy) is 1. The summed E-state index contributed by atoms with van der Waals surface area (Å²) >= 11 is 0. The Bertz CT molecular complexity index is 769. The van der Waals surface area contributed by atoms with Gasteiger partial charge in [-0.1, -0.05) is 17.3 Å². The summed E-state index contributed by atoms with van der Waals surface area (Å²) in [6, 6.07) is 7.59. The molecule has 0 unspecified atom stereocenters. The number of rotatable bonds is 8. The van der Waals surface area contributed by atoms with Gasteiger partial charge in [-0.05, 0) is 18.6 Å². The van der Waals surface area contributed by atoms with E-state index in [1.54, 1.807) is 11.8 Å². The third-order valence-corrected chi connectivity index (χ3v) is 4.64. The Balaban J connectivity index is 1.42. The second-order valence-corrected chi connectivity index (χ2v) is 6.59. The van der Waals surface area contributed by atoms with Crippen LogP contribution in [-0.2, 0) is 20.9 Å². The van der Waals surface area contributed by atoms with Crippen molar-refractivity contribution in [2.45, 2.75) is 13.0 Å².